The lowest BCUT2D eigenvalue weighted by Crippen LogP contribution is -2.30. The summed E-state index contributed by atoms with van der Waals surface area (Å²) in [6.45, 7) is 5.40. The van der Waals surface area contributed by atoms with Gasteiger partial charge in [-0.05, 0) is 43.7 Å². The summed E-state index contributed by atoms with van der Waals surface area (Å²) < 4.78 is 10.9. The van der Waals surface area contributed by atoms with Crippen LogP contribution in [0.5, 0.6) is 11.5 Å². The van der Waals surface area contributed by atoms with Crippen molar-refractivity contribution in [1.82, 2.24) is 4.90 Å². The first kappa shape index (κ1) is 20.9. The van der Waals surface area contributed by atoms with Gasteiger partial charge in [-0.3, -0.25) is 4.79 Å². The van der Waals surface area contributed by atoms with Crippen LogP contribution in [0, 0.1) is 0 Å². The van der Waals surface area contributed by atoms with E-state index in [4.69, 9.17) is 21.1 Å². The van der Waals surface area contributed by atoms with Crippen molar-refractivity contribution in [2.24, 2.45) is 0 Å². The molecule has 6 heteroatoms. The zero-order chi connectivity index (χ0) is 20.0. The standard InChI is InChI=1S/C21H27ClN2O3/c1-6-24(14-15-8-10-17(11-9-15)23(3)4)21(25)16-12-18(22)20(27-7-2)19(13-16)26-5/h8-13H,6-7,14H2,1-5H3. The molecule has 1 amide bonds. The van der Waals surface area contributed by atoms with Gasteiger partial charge in [0.05, 0.1) is 18.7 Å². The number of hydrogen-bond acceptors (Lipinski definition) is 4. The van der Waals surface area contributed by atoms with E-state index in [1.54, 1.807) is 17.0 Å². The first-order valence-electron chi connectivity index (χ1n) is 8.97. The molecule has 0 heterocycles. The maximum Gasteiger partial charge on any atom is 0.254 e. The maximum absolute atomic E-state index is 13.0. The number of hydrogen-bond donors (Lipinski definition) is 0. The Labute approximate surface area is 166 Å². The molecule has 2 aromatic rings. The molecule has 0 bridgehead atoms. The number of rotatable bonds is 8. The summed E-state index contributed by atoms with van der Waals surface area (Å²) in [5.74, 6) is 0.817. The van der Waals surface area contributed by atoms with Crippen molar-refractivity contribution in [3.05, 3.63) is 52.5 Å². The van der Waals surface area contributed by atoms with Crippen molar-refractivity contribution in [2.45, 2.75) is 20.4 Å². The Hall–Kier alpha value is -2.40. The third-order valence-electron chi connectivity index (χ3n) is 4.26. The quantitative estimate of drug-likeness (QED) is 0.666. The van der Waals surface area contributed by atoms with E-state index in [1.165, 1.54) is 7.11 Å². The minimum atomic E-state index is -0.0996. The number of amides is 1. The van der Waals surface area contributed by atoms with E-state index in [-0.39, 0.29) is 5.91 Å². The monoisotopic (exact) mass is 390 g/mol. The van der Waals surface area contributed by atoms with Crippen LogP contribution in [0.2, 0.25) is 5.02 Å². The molecule has 0 radical (unpaired) electrons. The predicted molar refractivity (Wildman–Crippen MR) is 110 cm³/mol. The van der Waals surface area contributed by atoms with E-state index in [1.807, 2.05) is 57.1 Å². The molecule has 0 saturated carbocycles. The van der Waals surface area contributed by atoms with Crippen LogP contribution in [0.1, 0.15) is 29.8 Å². The van der Waals surface area contributed by atoms with Gasteiger partial charge >= 0.3 is 0 Å². The van der Waals surface area contributed by atoms with E-state index in [0.717, 1.165) is 11.3 Å². The van der Waals surface area contributed by atoms with Crippen LogP contribution < -0.4 is 14.4 Å². The minimum Gasteiger partial charge on any atom is -0.493 e. The van der Waals surface area contributed by atoms with Crippen molar-refractivity contribution in [2.75, 3.05) is 39.3 Å². The molecule has 27 heavy (non-hydrogen) atoms. The summed E-state index contributed by atoms with van der Waals surface area (Å²) in [5, 5.41) is 0.367. The number of nitrogens with zero attached hydrogens (tertiary/aromatic N) is 2. The molecule has 0 aliphatic rings. The third-order valence-corrected chi connectivity index (χ3v) is 4.54. The highest BCUT2D eigenvalue weighted by molar-refractivity contribution is 6.32. The van der Waals surface area contributed by atoms with E-state index >= 15 is 0 Å². The number of anilines is 1. The Balaban J connectivity index is 2.24. The molecule has 0 unspecified atom stereocenters. The molecule has 0 N–H and O–H groups in total. The Morgan fingerprint density at radius 2 is 1.78 bits per heavy atom. The molecule has 0 aliphatic heterocycles. The van der Waals surface area contributed by atoms with Gasteiger partial charge in [0.1, 0.15) is 0 Å². The minimum absolute atomic E-state index is 0.0996. The lowest BCUT2D eigenvalue weighted by Gasteiger charge is -2.22. The van der Waals surface area contributed by atoms with Crippen LogP contribution in [0.4, 0.5) is 5.69 Å². The number of ether oxygens (including phenoxy) is 2. The summed E-state index contributed by atoms with van der Waals surface area (Å²) in [4.78, 5) is 16.8. The summed E-state index contributed by atoms with van der Waals surface area (Å²) in [5.41, 5.74) is 2.67. The molecular formula is C21H27ClN2O3. The molecule has 0 fully saturated rings. The molecular weight excluding hydrogens is 364 g/mol. The van der Waals surface area contributed by atoms with E-state index < -0.39 is 0 Å². The smallest absolute Gasteiger partial charge is 0.254 e. The highest BCUT2D eigenvalue weighted by atomic mass is 35.5. The predicted octanol–water partition coefficient (Wildman–Crippen LogP) is 4.48. The molecule has 146 valence electrons. The highest BCUT2D eigenvalue weighted by Crippen LogP contribution is 2.36. The topological polar surface area (TPSA) is 42.0 Å². The van der Waals surface area contributed by atoms with Crippen LogP contribution in [0.3, 0.4) is 0 Å². The van der Waals surface area contributed by atoms with Crippen molar-refractivity contribution in [3.8, 4) is 11.5 Å². The van der Waals surface area contributed by atoms with Gasteiger partial charge < -0.3 is 19.3 Å². The molecule has 0 atom stereocenters. The third kappa shape index (κ3) is 5.07. The van der Waals surface area contributed by atoms with Gasteiger partial charge in [-0.2, -0.15) is 0 Å². The Morgan fingerprint density at radius 3 is 2.30 bits per heavy atom. The fourth-order valence-corrected chi connectivity index (χ4v) is 3.02. The number of carbonyl (C=O) groups is 1. The van der Waals surface area contributed by atoms with Gasteiger partial charge in [0.2, 0.25) is 0 Å². The number of benzene rings is 2. The SMILES string of the molecule is CCOc1c(Cl)cc(C(=O)N(CC)Cc2ccc(N(C)C)cc2)cc1OC. The van der Waals surface area contributed by atoms with Gasteiger partial charge in [-0.15, -0.1) is 0 Å². The van der Waals surface area contributed by atoms with Gasteiger partial charge in [0.15, 0.2) is 11.5 Å². The molecule has 0 aromatic heterocycles. The van der Waals surface area contributed by atoms with Crippen molar-refractivity contribution in [1.29, 1.82) is 0 Å². The maximum atomic E-state index is 13.0. The first-order valence-corrected chi connectivity index (χ1v) is 9.34. The summed E-state index contributed by atoms with van der Waals surface area (Å²) in [6, 6.07) is 11.5. The first-order chi connectivity index (χ1) is 12.9. The van der Waals surface area contributed by atoms with E-state index in [2.05, 4.69) is 0 Å². The fourth-order valence-electron chi connectivity index (χ4n) is 2.76. The average Bonchev–Trinajstić information content (AvgIpc) is 2.67. The van der Waals surface area contributed by atoms with Gasteiger partial charge in [-0.25, -0.2) is 0 Å². The molecule has 0 spiro atoms. The molecule has 0 aliphatic carbocycles. The molecule has 0 saturated heterocycles. The number of carbonyl (C=O) groups excluding carboxylic acids is 1. The van der Waals surface area contributed by atoms with Crippen LogP contribution in [-0.2, 0) is 6.54 Å². The second-order valence-electron chi connectivity index (χ2n) is 6.30. The van der Waals surface area contributed by atoms with Crippen LogP contribution in [0.25, 0.3) is 0 Å². The Morgan fingerprint density at radius 1 is 1.11 bits per heavy atom. The zero-order valence-corrected chi connectivity index (χ0v) is 17.3. The summed E-state index contributed by atoms with van der Waals surface area (Å²) >= 11 is 6.31. The lowest BCUT2D eigenvalue weighted by molar-refractivity contribution is 0.0752. The Bertz CT molecular complexity index is 776. The van der Waals surface area contributed by atoms with Gasteiger partial charge in [0, 0.05) is 38.4 Å². The van der Waals surface area contributed by atoms with E-state index in [9.17, 15) is 4.79 Å². The normalized spacial score (nSPS) is 10.4. The molecule has 5 nitrogen and oxygen atoms in total. The van der Waals surface area contributed by atoms with Crippen molar-refractivity contribution < 1.29 is 14.3 Å². The summed E-state index contributed by atoms with van der Waals surface area (Å²) in [7, 11) is 5.53. The number of halogens is 1. The summed E-state index contributed by atoms with van der Waals surface area (Å²) in [6.07, 6.45) is 0. The molecule has 2 rings (SSSR count). The average molecular weight is 391 g/mol. The van der Waals surface area contributed by atoms with Crippen LogP contribution >= 0.6 is 11.6 Å². The number of methoxy groups -OCH3 is 1. The zero-order valence-electron chi connectivity index (χ0n) is 16.6. The van der Waals surface area contributed by atoms with Gasteiger partial charge in [0.25, 0.3) is 5.91 Å². The van der Waals surface area contributed by atoms with E-state index in [0.29, 0.717) is 41.8 Å². The highest BCUT2D eigenvalue weighted by Gasteiger charge is 2.20. The van der Waals surface area contributed by atoms with Crippen molar-refractivity contribution >= 4 is 23.2 Å². The van der Waals surface area contributed by atoms with Crippen LogP contribution in [-0.4, -0.2) is 45.2 Å². The van der Waals surface area contributed by atoms with Crippen molar-refractivity contribution in [3.63, 3.8) is 0 Å². The Kier molecular flexibility index (Phi) is 7.36. The fraction of sp³-hybridized carbons (Fsp3) is 0.381. The molecule has 2 aromatic carbocycles. The van der Waals surface area contributed by atoms with Crippen LogP contribution in [0.15, 0.2) is 36.4 Å². The second-order valence-corrected chi connectivity index (χ2v) is 6.71. The van der Waals surface area contributed by atoms with Gasteiger partial charge in [-0.1, -0.05) is 23.7 Å². The lowest BCUT2D eigenvalue weighted by atomic mass is 10.1. The largest absolute Gasteiger partial charge is 0.493 e. The second kappa shape index (κ2) is 9.51.